The van der Waals surface area contributed by atoms with E-state index >= 15 is 0 Å². The molecule has 1 fully saturated rings. The van der Waals surface area contributed by atoms with E-state index in [1.54, 1.807) is 4.88 Å². The second-order valence-corrected chi connectivity index (χ2v) is 7.57. The fourth-order valence-corrected chi connectivity index (χ4v) is 5.05. The molecular formula is C17H28N2S. The first-order chi connectivity index (χ1) is 9.88. The number of hydrogen-bond donors (Lipinski definition) is 1. The van der Waals surface area contributed by atoms with Gasteiger partial charge in [0.25, 0.3) is 0 Å². The Labute approximate surface area is 127 Å². The highest BCUT2D eigenvalue weighted by molar-refractivity contribution is 7.11. The van der Waals surface area contributed by atoms with E-state index in [2.05, 4.69) is 12.2 Å². The molecule has 1 aromatic heterocycles. The van der Waals surface area contributed by atoms with Crippen LogP contribution in [0.1, 0.15) is 79.9 Å². The molecule has 1 N–H and O–H groups in total. The molecule has 1 atom stereocenters. The summed E-state index contributed by atoms with van der Waals surface area (Å²) in [7, 11) is 0. The summed E-state index contributed by atoms with van der Waals surface area (Å²) < 4.78 is 0. The monoisotopic (exact) mass is 292 g/mol. The van der Waals surface area contributed by atoms with Gasteiger partial charge in [-0.3, -0.25) is 0 Å². The van der Waals surface area contributed by atoms with Gasteiger partial charge in [0.15, 0.2) is 0 Å². The van der Waals surface area contributed by atoms with Gasteiger partial charge in [-0.2, -0.15) is 0 Å². The van der Waals surface area contributed by atoms with Crippen LogP contribution in [0, 0.1) is 5.92 Å². The van der Waals surface area contributed by atoms with E-state index in [0.29, 0.717) is 6.04 Å². The van der Waals surface area contributed by atoms with Gasteiger partial charge in [-0.25, -0.2) is 4.98 Å². The Balaban J connectivity index is 1.78. The van der Waals surface area contributed by atoms with Crippen LogP contribution in [0.25, 0.3) is 0 Å². The molecule has 0 aromatic carbocycles. The zero-order valence-electron chi connectivity index (χ0n) is 12.8. The van der Waals surface area contributed by atoms with Crippen LogP contribution in [0.4, 0.5) is 0 Å². The third-order valence-corrected chi connectivity index (χ3v) is 6.10. The average Bonchev–Trinajstić information content (AvgIpc) is 2.92. The molecule has 2 nitrogen and oxygen atoms in total. The Hall–Kier alpha value is -0.410. The summed E-state index contributed by atoms with van der Waals surface area (Å²) in [6.07, 6.45) is 13.5. The van der Waals surface area contributed by atoms with Crippen molar-refractivity contribution in [2.45, 2.75) is 77.2 Å². The van der Waals surface area contributed by atoms with Crippen LogP contribution < -0.4 is 5.32 Å². The Morgan fingerprint density at radius 2 is 1.95 bits per heavy atom. The quantitative estimate of drug-likeness (QED) is 0.855. The molecule has 2 aliphatic carbocycles. The van der Waals surface area contributed by atoms with Crippen molar-refractivity contribution in [3.05, 3.63) is 15.6 Å². The predicted molar refractivity (Wildman–Crippen MR) is 86.4 cm³/mol. The second-order valence-electron chi connectivity index (χ2n) is 6.46. The van der Waals surface area contributed by atoms with Gasteiger partial charge in [-0.05, 0) is 57.4 Å². The summed E-state index contributed by atoms with van der Waals surface area (Å²) in [4.78, 5) is 6.62. The lowest BCUT2D eigenvalue weighted by Crippen LogP contribution is -2.30. The Morgan fingerprint density at radius 3 is 2.70 bits per heavy atom. The fourth-order valence-electron chi connectivity index (χ4n) is 3.73. The zero-order valence-corrected chi connectivity index (χ0v) is 13.6. The van der Waals surface area contributed by atoms with Crippen molar-refractivity contribution in [1.82, 2.24) is 10.3 Å². The molecule has 1 heterocycles. The molecule has 20 heavy (non-hydrogen) atoms. The van der Waals surface area contributed by atoms with Gasteiger partial charge in [-0.1, -0.05) is 26.2 Å². The molecule has 1 aromatic rings. The first-order valence-electron chi connectivity index (χ1n) is 8.60. The highest BCUT2D eigenvalue weighted by atomic mass is 32.1. The molecule has 0 radical (unpaired) electrons. The molecule has 0 amide bonds. The summed E-state index contributed by atoms with van der Waals surface area (Å²) >= 11 is 2.01. The van der Waals surface area contributed by atoms with Gasteiger partial charge in [-0.15, -0.1) is 11.3 Å². The van der Waals surface area contributed by atoms with Crippen molar-refractivity contribution in [1.29, 1.82) is 0 Å². The molecule has 2 aliphatic rings. The maximum absolute atomic E-state index is 5.04. The summed E-state index contributed by atoms with van der Waals surface area (Å²) in [5.74, 6) is 0.822. The van der Waals surface area contributed by atoms with E-state index in [-0.39, 0.29) is 0 Å². The van der Waals surface area contributed by atoms with Crippen LogP contribution in [0.2, 0.25) is 0 Å². The molecule has 112 valence electrons. The number of thiazole rings is 1. The van der Waals surface area contributed by atoms with E-state index < -0.39 is 0 Å². The molecule has 3 heteroatoms. The number of aryl methyl sites for hydroxylation is 2. The normalized spacial score (nSPS) is 21.6. The largest absolute Gasteiger partial charge is 0.308 e. The molecule has 0 saturated heterocycles. The van der Waals surface area contributed by atoms with Crippen molar-refractivity contribution in [3.63, 3.8) is 0 Å². The molecule has 0 aliphatic heterocycles. The lowest BCUT2D eigenvalue weighted by molar-refractivity contribution is 0.271. The van der Waals surface area contributed by atoms with Gasteiger partial charge in [0.1, 0.15) is 5.01 Å². The lowest BCUT2D eigenvalue weighted by Gasteiger charge is -2.29. The first kappa shape index (κ1) is 14.5. The van der Waals surface area contributed by atoms with E-state index in [9.17, 15) is 0 Å². The highest BCUT2D eigenvalue weighted by Gasteiger charge is 2.28. The summed E-state index contributed by atoms with van der Waals surface area (Å²) in [5.41, 5.74) is 1.43. The minimum atomic E-state index is 0.533. The van der Waals surface area contributed by atoms with Crippen LogP contribution in [-0.2, 0) is 12.8 Å². The van der Waals surface area contributed by atoms with E-state index in [1.807, 2.05) is 11.3 Å². The van der Waals surface area contributed by atoms with E-state index in [0.717, 1.165) is 12.5 Å². The smallest absolute Gasteiger partial charge is 0.110 e. The van der Waals surface area contributed by atoms with Crippen LogP contribution in [0.3, 0.4) is 0 Å². The lowest BCUT2D eigenvalue weighted by atomic mass is 9.84. The topological polar surface area (TPSA) is 24.9 Å². The van der Waals surface area contributed by atoms with Crippen molar-refractivity contribution in [2.24, 2.45) is 5.92 Å². The van der Waals surface area contributed by atoms with Crippen molar-refractivity contribution in [3.8, 4) is 0 Å². The maximum Gasteiger partial charge on any atom is 0.110 e. The molecule has 1 saturated carbocycles. The number of nitrogens with one attached hydrogen (secondary N) is 1. The Bertz CT molecular complexity index is 397. The van der Waals surface area contributed by atoms with Gasteiger partial charge >= 0.3 is 0 Å². The minimum absolute atomic E-state index is 0.533. The second kappa shape index (κ2) is 7.04. The van der Waals surface area contributed by atoms with Gasteiger partial charge in [0, 0.05) is 4.88 Å². The van der Waals surface area contributed by atoms with Crippen molar-refractivity contribution >= 4 is 11.3 Å². The first-order valence-corrected chi connectivity index (χ1v) is 9.42. The number of aromatic nitrogens is 1. The third-order valence-electron chi connectivity index (χ3n) is 4.86. The van der Waals surface area contributed by atoms with Crippen molar-refractivity contribution in [2.75, 3.05) is 6.54 Å². The van der Waals surface area contributed by atoms with Crippen LogP contribution in [0.5, 0.6) is 0 Å². The fraction of sp³-hybridized carbons (Fsp3) is 0.824. The van der Waals surface area contributed by atoms with Gasteiger partial charge in [0.05, 0.1) is 11.7 Å². The zero-order chi connectivity index (χ0) is 13.8. The van der Waals surface area contributed by atoms with E-state index in [4.69, 9.17) is 4.98 Å². The van der Waals surface area contributed by atoms with E-state index in [1.165, 1.54) is 74.9 Å². The van der Waals surface area contributed by atoms with Crippen molar-refractivity contribution < 1.29 is 0 Å². The highest BCUT2D eigenvalue weighted by Crippen LogP contribution is 2.38. The Morgan fingerprint density at radius 1 is 1.15 bits per heavy atom. The Kier molecular flexibility index (Phi) is 5.11. The molecule has 1 unspecified atom stereocenters. The third kappa shape index (κ3) is 3.25. The maximum atomic E-state index is 5.04. The van der Waals surface area contributed by atoms with Crippen LogP contribution in [-0.4, -0.2) is 11.5 Å². The molecule has 3 rings (SSSR count). The summed E-state index contributed by atoms with van der Waals surface area (Å²) in [5, 5.41) is 5.21. The van der Waals surface area contributed by atoms with Gasteiger partial charge < -0.3 is 5.32 Å². The summed E-state index contributed by atoms with van der Waals surface area (Å²) in [6.45, 7) is 3.39. The number of rotatable bonds is 5. The standard InChI is InChI=1S/C17H28N2S/c1-2-12-18-16(13-8-4-3-5-9-13)17-19-14-10-6-7-11-15(14)20-17/h13,16,18H,2-12H2,1H3. The van der Waals surface area contributed by atoms with Crippen LogP contribution in [0.15, 0.2) is 0 Å². The molecule has 0 spiro atoms. The molecule has 0 bridgehead atoms. The number of nitrogens with zero attached hydrogens (tertiary/aromatic N) is 1. The predicted octanol–water partition coefficient (Wildman–Crippen LogP) is 4.64. The SMILES string of the molecule is CCCNC(c1nc2c(s1)CCCC2)C1CCCCC1. The molecular weight excluding hydrogens is 264 g/mol. The average molecular weight is 292 g/mol. The number of fused-ring (bicyclic) bond motifs is 1. The van der Waals surface area contributed by atoms with Crippen LogP contribution >= 0.6 is 11.3 Å². The van der Waals surface area contributed by atoms with Gasteiger partial charge in [0.2, 0.25) is 0 Å². The number of hydrogen-bond acceptors (Lipinski definition) is 3. The summed E-state index contributed by atoms with van der Waals surface area (Å²) in [6, 6.07) is 0.533. The minimum Gasteiger partial charge on any atom is -0.308 e.